The van der Waals surface area contributed by atoms with E-state index in [2.05, 4.69) is 29.2 Å². The molecule has 1 aromatic heterocycles. The van der Waals surface area contributed by atoms with Crippen molar-refractivity contribution in [2.75, 3.05) is 18.0 Å². The van der Waals surface area contributed by atoms with E-state index < -0.39 is 11.9 Å². The van der Waals surface area contributed by atoms with Gasteiger partial charge < -0.3 is 14.1 Å². The van der Waals surface area contributed by atoms with Crippen LogP contribution in [0.2, 0.25) is 0 Å². The van der Waals surface area contributed by atoms with Gasteiger partial charge in [0.15, 0.2) is 0 Å². The summed E-state index contributed by atoms with van der Waals surface area (Å²) in [6.07, 6.45) is 4.17. The summed E-state index contributed by atoms with van der Waals surface area (Å²) in [6, 6.07) is 10.2. The lowest BCUT2D eigenvalue weighted by Gasteiger charge is -2.17. The number of esters is 2. The summed E-state index contributed by atoms with van der Waals surface area (Å²) in [4.78, 5) is 26.4. The number of benzene rings is 1. The molecule has 5 heteroatoms. The lowest BCUT2D eigenvalue weighted by Crippen LogP contribution is -2.17. The predicted octanol–water partition coefficient (Wildman–Crippen LogP) is 4.66. The Kier molecular flexibility index (Phi) is 4.67. The number of rotatable bonds is 3. The van der Waals surface area contributed by atoms with Crippen molar-refractivity contribution in [1.29, 1.82) is 0 Å². The van der Waals surface area contributed by atoms with Crippen molar-refractivity contribution >= 4 is 23.7 Å². The van der Waals surface area contributed by atoms with Gasteiger partial charge in [0.05, 0.1) is 11.1 Å². The second kappa shape index (κ2) is 7.15. The van der Waals surface area contributed by atoms with E-state index in [1.807, 2.05) is 13.0 Å². The van der Waals surface area contributed by atoms with E-state index >= 15 is 0 Å². The Morgan fingerprint density at radius 3 is 2.36 bits per heavy atom. The number of carbonyl (C=O) groups is 2. The van der Waals surface area contributed by atoms with Crippen molar-refractivity contribution in [2.45, 2.75) is 33.6 Å². The van der Waals surface area contributed by atoms with Crippen LogP contribution >= 0.6 is 0 Å². The molecule has 2 fully saturated rings. The molecule has 28 heavy (non-hydrogen) atoms. The average molecular weight is 377 g/mol. The van der Waals surface area contributed by atoms with Crippen LogP contribution in [0.1, 0.15) is 38.0 Å². The van der Waals surface area contributed by atoms with E-state index in [1.54, 1.807) is 19.9 Å². The predicted molar refractivity (Wildman–Crippen MR) is 108 cm³/mol. The third kappa shape index (κ3) is 3.28. The highest BCUT2D eigenvalue weighted by molar-refractivity contribution is 6.20. The number of cyclic esters (lactones) is 2. The molecule has 144 valence electrons. The fourth-order valence-corrected chi connectivity index (χ4v) is 3.76. The highest BCUT2D eigenvalue weighted by atomic mass is 16.6. The number of furan rings is 1. The first-order valence-corrected chi connectivity index (χ1v) is 9.56. The topological polar surface area (TPSA) is 59.8 Å². The van der Waals surface area contributed by atoms with Gasteiger partial charge >= 0.3 is 11.9 Å². The number of aryl methyl sites for hydroxylation is 1. The molecule has 0 N–H and O–H groups in total. The molecule has 0 bridgehead atoms. The van der Waals surface area contributed by atoms with Gasteiger partial charge in [-0.1, -0.05) is 5.57 Å². The molecule has 2 aliphatic heterocycles. The monoisotopic (exact) mass is 377 g/mol. The minimum atomic E-state index is -0.613. The summed E-state index contributed by atoms with van der Waals surface area (Å²) in [5, 5.41) is 0. The molecule has 0 unspecified atom stereocenters. The highest BCUT2D eigenvalue weighted by Gasteiger charge is 2.34. The molecule has 5 nitrogen and oxygen atoms in total. The standard InChI is InChI=1S/C23H23NO4/c1-14(2)21-19(22(25)28-23(21)26)12-17-13-20(27-15(17)3)16-6-8-18(9-7-16)24-10-4-5-11-24/h6-9,12-13H,4-5,10-11H2,1-3H3. The third-order valence-electron chi connectivity index (χ3n) is 5.26. The van der Waals surface area contributed by atoms with Gasteiger partial charge in [-0.25, -0.2) is 9.59 Å². The fourth-order valence-electron chi connectivity index (χ4n) is 3.76. The maximum Gasteiger partial charge on any atom is 0.346 e. The number of anilines is 1. The number of allylic oxidation sites excluding steroid dienone is 1. The minimum absolute atomic E-state index is 0.282. The largest absolute Gasteiger partial charge is 0.461 e. The van der Waals surface area contributed by atoms with E-state index in [0.29, 0.717) is 11.3 Å². The van der Waals surface area contributed by atoms with Crippen molar-refractivity contribution in [3.63, 3.8) is 0 Å². The maximum atomic E-state index is 12.1. The Morgan fingerprint density at radius 1 is 1.04 bits per heavy atom. The lowest BCUT2D eigenvalue weighted by molar-refractivity contribution is -0.149. The van der Waals surface area contributed by atoms with Crippen LogP contribution in [-0.2, 0) is 14.3 Å². The van der Waals surface area contributed by atoms with Crippen LogP contribution in [0.15, 0.2) is 51.5 Å². The summed E-state index contributed by atoms with van der Waals surface area (Å²) in [5.74, 6) is 0.216. The quantitative estimate of drug-likeness (QED) is 0.442. The highest BCUT2D eigenvalue weighted by Crippen LogP contribution is 2.32. The minimum Gasteiger partial charge on any atom is -0.461 e. The molecule has 4 rings (SSSR count). The number of nitrogens with zero attached hydrogens (tertiary/aromatic N) is 1. The van der Waals surface area contributed by atoms with Gasteiger partial charge in [0, 0.05) is 29.9 Å². The first kappa shape index (κ1) is 18.3. The molecule has 2 saturated heterocycles. The molecule has 0 amide bonds. The number of hydrogen-bond acceptors (Lipinski definition) is 5. The summed E-state index contributed by atoms with van der Waals surface area (Å²) in [5.41, 5.74) is 4.34. The van der Waals surface area contributed by atoms with Crippen LogP contribution in [-0.4, -0.2) is 25.0 Å². The Hall–Kier alpha value is -3.08. The van der Waals surface area contributed by atoms with E-state index in [1.165, 1.54) is 18.5 Å². The second-order valence-corrected chi connectivity index (χ2v) is 7.47. The summed E-state index contributed by atoms with van der Waals surface area (Å²) >= 11 is 0. The summed E-state index contributed by atoms with van der Waals surface area (Å²) < 4.78 is 10.7. The van der Waals surface area contributed by atoms with Crippen molar-refractivity contribution in [1.82, 2.24) is 0 Å². The normalized spacial score (nSPS) is 18.3. The number of hydrogen-bond donors (Lipinski definition) is 0. The van der Waals surface area contributed by atoms with Gasteiger partial charge in [-0.05, 0) is 70.0 Å². The van der Waals surface area contributed by atoms with Crippen LogP contribution in [0.4, 0.5) is 5.69 Å². The first-order chi connectivity index (χ1) is 13.4. The molecular formula is C23H23NO4. The Bertz CT molecular complexity index is 998. The van der Waals surface area contributed by atoms with Crippen molar-refractivity contribution in [3.8, 4) is 11.3 Å². The molecule has 1 aromatic carbocycles. The third-order valence-corrected chi connectivity index (χ3v) is 5.26. The maximum absolute atomic E-state index is 12.1. The van der Waals surface area contributed by atoms with E-state index in [9.17, 15) is 9.59 Å². The van der Waals surface area contributed by atoms with Crippen molar-refractivity contribution in [2.24, 2.45) is 0 Å². The van der Waals surface area contributed by atoms with Crippen molar-refractivity contribution in [3.05, 3.63) is 58.4 Å². The van der Waals surface area contributed by atoms with E-state index in [-0.39, 0.29) is 5.57 Å². The molecule has 2 aromatic rings. The SMILES string of the molecule is CC(C)=C1C(=O)OC(=O)C1=Cc1cc(-c2ccc(N3CCCC3)cc2)oc1C. The zero-order valence-corrected chi connectivity index (χ0v) is 16.4. The van der Waals surface area contributed by atoms with Gasteiger partial charge in [-0.2, -0.15) is 0 Å². The zero-order valence-electron chi connectivity index (χ0n) is 16.4. The average Bonchev–Trinajstić information content (AvgIpc) is 3.37. The van der Waals surface area contributed by atoms with Crippen LogP contribution in [0, 0.1) is 6.92 Å². The molecule has 0 spiro atoms. The van der Waals surface area contributed by atoms with E-state index in [4.69, 9.17) is 9.15 Å². The van der Waals surface area contributed by atoms with Gasteiger partial charge in [0.2, 0.25) is 0 Å². The molecule has 3 heterocycles. The van der Waals surface area contributed by atoms with Crippen LogP contribution < -0.4 is 4.90 Å². The number of ether oxygens (including phenoxy) is 1. The van der Waals surface area contributed by atoms with Gasteiger partial charge in [0.1, 0.15) is 11.5 Å². The molecular weight excluding hydrogens is 354 g/mol. The molecule has 2 aliphatic rings. The van der Waals surface area contributed by atoms with Crippen LogP contribution in [0.25, 0.3) is 17.4 Å². The first-order valence-electron chi connectivity index (χ1n) is 9.56. The smallest absolute Gasteiger partial charge is 0.346 e. The number of carbonyl (C=O) groups excluding carboxylic acids is 2. The Labute approximate surface area is 164 Å². The molecule has 0 aliphatic carbocycles. The van der Waals surface area contributed by atoms with Crippen LogP contribution in [0.5, 0.6) is 0 Å². The molecule has 0 radical (unpaired) electrons. The van der Waals surface area contributed by atoms with Gasteiger partial charge in [-0.3, -0.25) is 0 Å². The second-order valence-electron chi connectivity index (χ2n) is 7.47. The van der Waals surface area contributed by atoms with Gasteiger partial charge in [-0.15, -0.1) is 0 Å². The zero-order chi connectivity index (χ0) is 19.8. The van der Waals surface area contributed by atoms with E-state index in [0.717, 1.165) is 35.5 Å². The fraction of sp³-hybridized carbons (Fsp3) is 0.304. The summed E-state index contributed by atoms with van der Waals surface area (Å²) in [6.45, 7) is 7.65. The van der Waals surface area contributed by atoms with Crippen LogP contribution in [0.3, 0.4) is 0 Å². The van der Waals surface area contributed by atoms with Crippen molar-refractivity contribution < 1.29 is 18.7 Å². The Balaban J connectivity index is 1.65. The Morgan fingerprint density at radius 2 is 1.71 bits per heavy atom. The van der Waals surface area contributed by atoms with Gasteiger partial charge in [0.25, 0.3) is 0 Å². The molecule has 0 saturated carbocycles. The summed E-state index contributed by atoms with van der Waals surface area (Å²) in [7, 11) is 0. The lowest BCUT2D eigenvalue weighted by atomic mass is 10.0. The molecule has 0 atom stereocenters.